The van der Waals surface area contributed by atoms with Crippen LogP contribution in [0.2, 0.25) is 0 Å². The molecule has 1 fully saturated rings. The highest BCUT2D eigenvalue weighted by molar-refractivity contribution is 6.39. The van der Waals surface area contributed by atoms with E-state index in [1.54, 1.807) is 0 Å². The largest absolute Gasteiger partial charge is 0.321 e. The Balaban J connectivity index is 2.08. The van der Waals surface area contributed by atoms with Crippen LogP contribution < -0.4 is 0 Å². The van der Waals surface area contributed by atoms with Gasteiger partial charge in [-0.2, -0.15) is 0 Å². The van der Waals surface area contributed by atoms with Gasteiger partial charge in [0.2, 0.25) is 0 Å². The molecule has 0 spiro atoms. The summed E-state index contributed by atoms with van der Waals surface area (Å²) in [5.41, 5.74) is 0. The van der Waals surface area contributed by atoms with Crippen LogP contribution in [-0.4, -0.2) is 32.1 Å². The number of rotatable bonds is 0. The second-order valence-corrected chi connectivity index (χ2v) is 1.66. The van der Waals surface area contributed by atoms with Crippen LogP contribution in [0, 0.1) is 0 Å². The van der Waals surface area contributed by atoms with E-state index in [4.69, 9.17) is 0 Å². The van der Waals surface area contributed by atoms with Crippen molar-refractivity contribution in [1.82, 2.24) is 4.90 Å². The fourth-order valence-electron chi connectivity index (χ4n) is 0.474. The van der Waals surface area contributed by atoms with Crippen molar-refractivity contribution in [1.29, 1.82) is 0 Å². The summed E-state index contributed by atoms with van der Waals surface area (Å²) in [5, 5.41) is 0. The quantitative estimate of drug-likeness (QED) is 0.339. The number of hydrogen-bond donors (Lipinski definition) is 0. The van der Waals surface area contributed by atoms with E-state index in [2.05, 4.69) is 11.9 Å². The van der Waals surface area contributed by atoms with Gasteiger partial charge in [-0.05, 0) is 19.9 Å². The van der Waals surface area contributed by atoms with Gasteiger partial charge in [0.1, 0.15) is 0 Å². The third-order valence-electron chi connectivity index (χ3n) is 1.08. The van der Waals surface area contributed by atoms with E-state index in [0.29, 0.717) is 0 Å². The molecule has 5 heavy (non-hydrogen) atoms. The smallest absolute Gasteiger partial charge is 0.155 e. The summed E-state index contributed by atoms with van der Waals surface area (Å²) in [6.45, 7) is 0. The van der Waals surface area contributed by atoms with Crippen molar-refractivity contribution < 1.29 is 0 Å². The molecular weight excluding hydrogens is 60.9 g/mol. The van der Waals surface area contributed by atoms with E-state index < -0.39 is 0 Å². The summed E-state index contributed by atoms with van der Waals surface area (Å²) in [7, 11) is 3.56. The first-order valence-electron chi connectivity index (χ1n) is 2.08. The summed E-state index contributed by atoms with van der Waals surface area (Å²) in [4.78, 5) is 2.31. The van der Waals surface area contributed by atoms with Gasteiger partial charge in [-0.15, -0.1) is 0 Å². The number of nitrogens with zero attached hydrogens (tertiary/aromatic N) is 1. The molecule has 0 aromatic heterocycles. The van der Waals surface area contributed by atoms with Gasteiger partial charge < -0.3 is 4.90 Å². The molecule has 1 aliphatic heterocycles. The van der Waals surface area contributed by atoms with Crippen molar-refractivity contribution in [3.63, 3.8) is 0 Å². The normalized spacial score (nSPS) is 24.2. The van der Waals surface area contributed by atoms with Crippen LogP contribution >= 0.6 is 0 Å². The second-order valence-electron chi connectivity index (χ2n) is 1.66. The maximum atomic E-state index is 2.31. The summed E-state index contributed by atoms with van der Waals surface area (Å²) in [6, 6.07) is 0. The minimum atomic E-state index is 1.32. The summed E-state index contributed by atoms with van der Waals surface area (Å²) < 4.78 is 0. The van der Waals surface area contributed by atoms with Gasteiger partial charge in [-0.3, -0.25) is 0 Å². The summed E-state index contributed by atoms with van der Waals surface area (Å²) >= 11 is 0. The summed E-state index contributed by atoms with van der Waals surface area (Å²) in [6.07, 6.45) is 2.64. The minimum Gasteiger partial charge on any atom is -0.321 e. The Kier molecular flexibility index (Phi) is 0.654. The maximum absolute atomic E-state index is 2.31. The van der Waals surface area contributed by atoms with Gasteiger partial charge in [0.15, 0.2) is 7.28 Å². The predicted molar refractivity (Wildman–Crippen MR) is 24.6 cm³/mol. The lowest BCUT2D eigenvalue weighted by molar-refractivity contribution is 0.403. The molecule has 0 saturated carbocycles. The van der Waals surface area contributed by atoms with Gasteiger partial charge in [-0.25, -0.2) is 0 Å². The van der Waals surface area contributed by atoms with E-state index in [9.17, 15) is 0 Å². The van der Waals surface area contributed by atoms with Crippen molar-refractivity contribution in [2.45, 2.75) is 0 Å². The average molecular weight is 68.9 g/mol. The summed E-state index contributed by atoms with van der Waals surface area (Å²) in [5.74, 6) is 0. The first-order chi connectivity index (χ1) is 2.39. The molecule has 0 aliphatic carbocycles. The molecule has 1 saturated heterocycles. The van der Waals surface area contributed by atoms with Gasteiger partial charge >= 0.3 is 0 Å². The topological polar surface area (TPSA) is 3.24 Å². The average Bonchev–Trinajstić information content (AvgIpc) is 1.30. The fraction of sp³-hybridized carbons (Fsp3) is 1.00. The fourth-order valence-corrected chi connectivity index (χ4v) is 0.474. The molecule has 1 heterocycles. The van der Waals surface area contributed by atoms with Gasteiger partial charge in [0, 0.05) is 0 Å². The van der Waals surface area contributed by atoms with Crippen LogP contribution in [0.4, 0.5) is 0 Å². The second kappa shape index (κ2) is 1.01. The Morgan fingerprint density at radius 3 is 2.00 bits per heavy atom. The van der Waals surface area contributed by atoms with Crippen molar-refractivity contribution in [3.8, 4) is 0 Å². The monoisotopic (exact) mass is 69.1 g/mol. The highest BCUT2D eigenvalue weighted by atomic mass is 15.1. The highest BCUT2D eigenvalue weighted by Gasteiger charge is 2.07. The molecule has 28 valence electrons. The zero-order chi connectivity index (χ0) is 3.70. The predicted octanol–water partition coefficient (Wildman–Crippen LogP) is -0.717. The van der Waals surface area contributed by atoms with Crippen LogP contribution in [0.1, 0.15) is 0 Å². The molecule has 0 N–H and O–H groups in total. The molecule has 0 unspecified atom stereocenters. The van der Waals surface area contributed by atoms with Gasteiger partial charge in [0.25, 0.3) is 0 Å². The molecule has 0 amide bonds. The standard InChI is InChI=1S/C3H8BN/c1-5-2-4-3-5/h4H,2-3H2,1H3. The van der Waals surface area contributed by atoms with Gasteiger partial charge in [-0.1, -0.05) is 0 Å². The molecule has 1 aliphatic rings. The third-order valence-corrected chi connectivity index (χ3v) is 1.08. The van der Waals surface area contributed by atoms with Crippen LogP contribution in [-0.2, 0) is 0 Å². The van der Waals surface area contributed by atoms with E-state index in [1.165, 1.54) is 20.2 Å². The van der Waals surface area contributed by atoms with Gasteiger partial charge in [0.05, 0.1) is 0 Å². The van der Waals surface area contributed by atoms with Crippen molar-refractivity contribution in [3.05, 3.63) is 0 Å². The Bertz CT molecular complexity index is 33.9. The molecule has 0 atom stereocenters. The van der Waals surface area contributed by atoms with Crippen LogP contribution in [0.5, 0.6) is 0 Å². The van der Waals surface area contributed by atoms with Crippen LogP contribution in [0.3, 0.4) is 0 Å². The highest BCUT2D eigenvalue weighted by Crippen LogP contribution is 1.87. The molecule has 0 radical (unpaired) electrons. The Morgan fingerprint density at radius 1 is 1.60 bits per heavy atom. The Morgan fingerprint density at radius 2 is 2.00 bits per heavy atom. The Labute approximate surface area is 33.2 Å². The number of hydrogen-bond acceptors (Lipinski definition) is 1. The zero-order valence-electron chi connectivity index (χ0n) is 3.57. The van der Waals surface area contributed by atoms with Crippen LogP contribution in [0.25, 0.3) is 0 Å². The van der Waals surface area contributed by atoms with E-state index in [0.717, 1.165) is 0 Å². The van der Waals surface area contributed by atoms with E-state index in [-0.39, 0.29) is 0 Å². The molecule has 2 heteroatoms. The minimum absolute atomic E-state index is 1.32. The lowest BCUT2D eigenvalue weighted by atomic mass is 9.70. The van der Waals surface area contributed by atoms with Crippen molar-refractivity contribution >= 4 is 7.28 Å². The molecule has 0 aromatic carbocycles. The SMILES string of the molecule is CN1CBC1. The lowest BCUT2D eigenvalue weighted by Crippen LogP contribution is -2.41. The first kappa shape index (κ1) is 3.22. The van der Waals surface area contributed by atoms with E-state index >= 15 is 0 Å². The van der Waals surface area contributed by atoms with Crippen molar-refractivity contribution in [2.75, 3.05) is 19.9 Å². The van der Waals surface area contributed by atoms with Crippen LogP contribution in [0.15, 0.2) is 0 Å². The van der Waals surface area contributed by atoms with E-state index in [1.807, 2.05) is 0 Å². The molecule has 1 nitrogen and oxygen atoms in total. The Hall–Kier alpha value is 0.0249. The molecule has 1 rings (SSSR count). The maximum Gasteiger partial charge on any atom is 0.155 e. The third kappa shape index (κ3) is 0.455. The lowest BCUT2D eigenvalue weighted by Gasteiger charge is -2.23. The zero-order valence-corrected chi connectivity index (χ0v) is 3.57. The molecule has 0 bridgehead atoms. The molecule has 0 aromatic rings. The molecular formula is C3H8BN. The van der Waals surface area contributed by atoms with Crippen molar-refractivity contribution in [2.24, 2.45) is 0 Å². The first-order valence-corrected chi connectivity index (χ1v) is 2.08.